The zero-order valence-corrected chi connectivity index (χ0v) is 11.4. The second kappa shape index (κ2) is 5.98. The molecule has 1 aromatic carbocycles. The molecule has 4 heteroatoms. The van der Waals surface area contributed by atoms with Crippen LogP contribution in [0.3, 0.4) is 0 Å². The molecule has 0 aliphatic carbocycles. The summed E-state index contributed by atoms with van der Waals surface area (Å²) < 4.78 is 0. The van der Waals surface area contributed by atoms with Gasteiger partial charge < -0.3 is 4.90 Å². The Bertz CT molecular complexity index is 629. The van der Waals surface area contributed by atoms with Gasteiger partial charge in [0.25, 0.3) is 5.91 Å². The molecule has 100 valence electrons. The number of hydrogen-bond donors (Lipinski definition) is 0. The fourth-order valence-electron chi connectivity index (χ4n) is 1.95. The van der Waals surface area contributed by atoms with E-state index in [2.05, 4.69) is 11.1 Å². The van der Waals surface area contributed by atoms with Crippen molar-refractivity contribution in [2.45, 2.75) is 13.0 Å². The van der Waals surface area contributed by atoms with Crippen LogP contribution in [0.4, 0.5) is 0 Å². The minimum Gasteiger partial charge on any atom is -0.322 e. The number of rotatable bonds is 3. The van der Waals surface area contributed by atoms with E-state index in [1.807, 2.05) is 19.1 Å². The van der Waals surface area contributed by atoms with Crippen molar-refractivity contribution in [3.05, 3.63) is 65.5 Å². The summed E-state index contributed by atoms with van der Waals surface area (Å²) in [6.45, 7) is 1.97. The molecule has 0 saturated heterocycles. The fourth-order valence-corrected chi connectivity index (χ4v) is 1.95. The summed E-state index contributed by atoms with van der Waals surface area (Å²) in [5.41, 5.74) is 2.42. The highest BCUT2D eigenvalue weighted by atomic mass is 16.2. The van der Waals surface area contributed by atoms with E-state index >= 15 is 0 Å². The largest absolute Gasteiger partial charge is 0.322 e. The van der Waals surface area contributed by atoms with Crippen molar-refractivity contribution in [3.63, 3.8) is 0 Å². The third kappa shape index (κ3) is 2.83. The monoisotopic (exact) mass is 265 g/mol. The topological polar surface area (TPSA) is 57.0 Å². The van der Waals surface area contributed by atoms with E-state index < -0.39 is 6.04 Å². The van der Waals surface area contributed by atoms with Gasteiger partial charge in [0.2, 0.25) is 0 Å². The van der Waals surface area contributed by atoms with E-state index in [0.717, 1.165) is 11.1 Å². The zero-order chi connectivity index (χ0) is 14.5. The highest BCUT2D eigenvalue weighted by Crippen LogP contribution is 2.20. The minimum absolute atomic E-state index is 0.173. The number of hydrogen-bond acceptors (Lipinski definition) is 3. The summed E-state index contributed by atoms with van der Waals surface area (Å²) >= 11 is 0. The standard InChI is InChI=1S/C16H15N3O/c1-12-3-5-14(6-4-12)16(20)19(2)15(11-17)13-7-9-18-10-8-13/h3-10,15H,1-2H3. The lowest BCUT2D eigenvalue weighted by atomic mass is 10.1. The molecule has 2 aromatic rings. The van der Waals surface area contributed by atoms with E-state index in [1.165, 1.54) is 4.90 Å². The maximum absolute atomic E-state index is 12.4. The predicted molar refractivity (Wildman–Crippen MR) is 75.9 cm³/mol. The summed E-state index contributed by atoms with van der Waals surface area (Å²) in [5, 5.41) is 9.33. The van der Waals surface area contributed by atoms with E-state index in [-0.39, 0.29) is 5.91 Å². The van der Waals surface area contributed by atoms with Crippen LogP contribution in [0.1, 0.15) is 27.5 Å². The second-order valence-electron chi connectivity index (χ2n) is 4.59. The first-order valence-electron chi connectivity index (χ1n) is 6.27. The molecule has 0 aliphatic rings. The van der Waals surface area contributed by atoms with Crippen molar-refractivity contribution in [2.24, 2.45) is 0 Å². The van der Waals surface area contributed by atoms with Crippen molar-refractivity contribution in [1.29, 1.82) is 5.26 Å². The van der Waals surface area contributed by atoms with Crippen LogP contribution in [0.25, 0.3) is 0 Å². The van der Waals surface area contributed by atoms with Crippen LogP contribution in [-0.4, -0.2) is 22.8 Å². The molecule has 0 aliphatic heterocycles. The Morgan fingerprint density at radius 2 is 1.80 bits per heavy atom. The Balaban J connectivity index is 2.25. The number of nitrogens with zero attached hydrogens (tertiary/aromatic N) is 3. The van der Waals surface area contributed by atoms with Gasteiger partial charge in [0.1, 0.15) is 6.04 Å². The maximum atomic E-state index is 12.4. The number of carbonyl (C=O) groups excluding carboxylic acids is 1. The normalized spacial score (nSPS) is 11.4. The number of aryl methyl sites for hydroxylation is 1. The maximum Gasteiger partial charge on any atom is 0.254 e. The average molecular weight is 265 g/mol. The Morgan fingerprint density at radius 1 is 1.20 bits per heavy atom. The van der Waals surface area contributed by atoms with Crippen LogP contribution in [0.15, 0.2) is 48.8 Å². The molecule has 0 fully saturated rings. The van der Waals surface area contributed by atoms with Crippen LogP contribution in [0.5, 0.6) is 0 Å². The first-order valence-corrected chi connectivity index (χ1v) is 6.27. The third-order valence-electron chi connectivity index (χ3n) is 3.15. The van der Waals surface area contributed by atoms with Crippen LogP contribution in [0, 0.1) is 18.3 Å². The van der Waals surface area contributed by atoms with Crippen LogP contribution in [-0.2, 0) is 0 Å². The molecule has 0 saturated carbocycles. The highest BCUT2D eigenvalue weighted by molar-refractivity contribution is 5.94. The number of aromatic nitrogens is 1. The Labute approximate surface area is 118 Å². The van der Waals surface area contributed by atoms with Gasteiger partial charge in [0.05, 0.1) is 6.07 Å². The van der Waals surface area contributed by atoms with E-state index in [1.54, 1.807) is 43.7 Å². The summed E-state index contributed by atoms with van der Waals surface area (Å²) in [6.07, 6.45) is 3.23. The summed E-state index contributed by atoms with van der Waals surface area (Å²) in [7, 11) is 1.64. The van der Waals surface area contributed by atoms with Crippen LogP contribution < -0.4 is 0 Å². The molecule has 0 bridgehead atoms. The molecule has 1 heterocycles. The van der Waals surface area contributed by atoms with Crippen molar-refractivity contribution >= 4 is 5.91 Å². The van der Waals surface area contributed by atoms with Gasteiger partial charge in [-0.15, -0.1) is 0 Å². The Kier molecular flexibility index (Phi) is 4.11. The van der Waals surface area contributed by atoms with Crippen molar-refractivity contribution in [3.8, 4) is 6.07 Å². The summed E-state index contributed by atoms with van der Waals surface area (Å²) in [6, 6.07) is 12.3. The molecule has 20 heavy (non-hydrogen) atoms. The van der Waals surface area contributed by atoms with Gasteiger partial charge in [-0.1, -0.05) is 17.7 Å². The highest BCUT2D eigenvalue weighted by Gasteiger charge is 2.22. The number of carbonyl (C=O) groups is 1. The molecule has 1 amide bonds. The van der Waals surface area contributed by atoms with Crippen molar-refractivity contribution in [2.75, 3.05) is 7.05 Å². The van der Waals surface area contributed by atoms with Gasteiger partial charge >= 0.3 is 0 Å². The Hall–Kier alpha value is -2.67. The quantitative estimate of drug-likeness (QED) is 0.857. The van der Waals surface area contributed by atoms with Gasteiger partial charge in [0.15, 0.2) is 0 Å². The lowest BCUT2D eigenvalue weighted by Crippen LogP contribution is -2.30. The zero-order valence-electron chi connectivity index (χ0n) is 11.4. The molecule has 0 N–H and O–H groups in total. The second-order valence-corrected chi connectivity index (χ2v) is 4.59. The number of amides is 1. The van der Waals surface area contributed by atoms with Gasteiger partial charge in [-0.3, -0.25) is 9.78 Å². The van der Waals surface area contributed by atoms with E-state index in [0.29, 0.717) is 5.56 Å². The molecule has 2 rings (SSSR count). The number of pyridine rings is 1. The molecule has 0 radical (unpaired) electrons. The molecule has 1 aromatic heterocycles. The van der Waals surface area contributed by atoms with E-state index in [4.69, 9.17) is 0 Å². The SMILES string of the molecule is Cc1ccc(C(=O)N(C)C(C#N)c2ccncc2)cc1. The van der Waals surface area contributed by atoms with Gasteiger partial charge in [-0.05, 0) is 36.8 Å². The van der Waals surface area contributed by atoms with Crippen LogP contribution >= 0.6 is 0 Å². The van der Waals surface area contributed by atoms with Crippen molar-refractivity contribution < 1.29 is 4.79 Å². The average Bonchev–Trinajstić information content (AvgIpc) is 2.49. The Morgan fingerprint density at radius 3 is 2.35 bits per heavy atom. The number of benzene rings is 1. The first-order chi connectivity index (χ1) is 9.63. The molecule has 0 spiro atoms. The number of nitriles is 1. The fraction of sp³-hybridized carbons (Fsp3) is 0.188. The lowest BCUT2D eigenvalue weighted by molar-refractivity contribution is 0.0763. The predicted octanol–water partition coefficient (Wildman–Crippen LogP) is 2.73. The smallest absolute Gasteiger partial charge is 0.254 e. The van der Waals surface area contributed by atoms with Gasteiger partial charge in [-0.2, -0.15) is 5.26 Å². The third-order valence-corrected chi connectivity index (χ3v) is 3.15. The van der Waals surface area contributed by atoms with Crippen LogP contribution in [0.2, 0.25) is 0 Å². The summed E-state index contributed by atoms with van der Waals surface area (Å²) in [4.78, 5) is 17.8. The minimum atomic E-state index is -0.619. The molecular formula is C16H15N3O. The molecule has 1 atom stereocenters. The van der Waals surface area contributed by atoms with Crippen molar-refractivity contribution in [1.82, 2.24) is 9.88 Å². The molecular weight excluding hydrogens is 250 g/mol. The van der Waals surface area contributed by atoms with Gasteiger partial charge in [-0.25, -0.2) is 0 Å². The lowest BCUT2D eigenvalue weighted by Gasteiger charge is -2.23. The summed E-state index contributed by atoms with van der Waals surface area (Å²) in [5.74, 6) is -0.173. The molecule has 1 unspecified atom stereocenters. The van der Waals surface area contributed by atoms with E-state index in [9.17, 15) is 10.1 Å². The molecule has 4 nitrogen and oxygen atoms in total. The van der Waals surface area contributed by atoms with Gasteiger partial charge in [0, 0.05) is 25.0 Å². The first kappa shape index (κ1) is 13.8.